The Morgan fingerprint density at radius 3 is 3.00 bits per heavy atom. The fourth-order valence-corrected chi connectivity index (χ4v) is 2.25. The van der Waals surface area contributed by atoms with E-state index in [4.69, 9.17) is 4.74 Å². The van der Waals surface area contributed by atoms with Crippen LogP contribution in [0, 0.1) is 0 Å². The van der Waals surface area contributed by atoms with Gasteiger partial charge in [0.15, 0.2) is 0 Å². The highest BCUT2D eigenvalue weighted by atomic mass is 79.9. The number of carbonyl (C=O) groups is 1. The first kappa shape index (κ1) is 11.6. The number of para-hydroxylation sites is 1. The molecule has 0 aromatic heterocycles. The highest BCUT2D eigenvalue weighted by Crippen LogP contribution is 2.20. The summed E-state index contributed by atoms with van der Waals surface area (Å²) in [6.45, 7) is 0.693. The van der Waals surface area contributed by atoms with Crippen molar-refractivity contribution in [3.63, 3.8) is 0 Å². The summed E-state index contributed by atoms with van der Waals surface area (Å²) in [5.41, 5.74) is 1.94. The van der Waals surface area contributed by atoms with Gasteiger partial charge >= 0.3 is 0 Å². The van der Waals surface area contributed by atoms with Crippen molar-refractivity contribution in [2.75, 3.05) is 11.9 Å². The van der Waals surface area contributed by atoms with E-state index in [9.17, 15) is 4.79 Å². The van der Waals surface area contributed by atoms with E-state index < -0.39 is 0 Å². The number of carbonyl (C=O) groups excluding carboxylic acids is 1. The molecule has 1 saturated heterocycles. The third-order valence-corrected chi connectivity index (χ3v) is 3.25. The number of hydrogen-bond donors (Lipinski definition) is 1. The third-order valence-electron chi connectivity index (χ3n) is 2.64. The van der Waals surface area contributed by atoms with Gasteiger partial charge in [-0.1, -0.05) is 34.1 Å². The molecule has 1 fully saturated rings. The number of rotatable bonds is 3. The number of halogens is 1. The lowest BCUT2D eigenvalue weighted by molar-refractivity contribution is -0.124. The average Bonchev–Trinajstić information content (AvgIpc) is 2.83. The Morgan fingerprint density at radius 2 is 2.31 bits per heavy atom. The summed E-state index contributed by atoms with van der Waals surface area (Å²) >= 11 is 3.40. The van der Waals surface area contributed by atoms with Crippen molar-refractivity contribution in [1.29, 1.82) is 0 Å². The van der Waals surface area contributed by atoms with Crippen LogP contribution in [-0.2, 0) is 14.9 Å². The monoisotopic (exact) mass is 283 g/mol. The molecule has 0 bridgehead atoms. The molecule has 0 radical (unpaired) electrons. The topological polar surface area (TPSA) is 38.3 Å². The van der Waals surface area contributed by atoms with Gasteiger partial charge in [-0.3, -0.25) is 4.79 Å². The van der Waals surface area contributed by atoms with E-state index in [0.29, 0.717) is 6.61 Å². The number of alkyl halides is 1. The number of anilines is 1. The number of benzene rings is 1. The predicted molar refractivity (Wildman–Crippen MR) is 66.7 cm³/mol. The molecule has 1 heterocycles. The molecule has 1 N–H and O–H groups in total. The Hall–Kier alpha value is -0.870. The average molecular weight is 284 g/mol. The van der Waals surface area contributed by atoms with Crippen LogP contribution in [0.15, 0.2) is 24.3 Å². The van der Waals surface area contributed by atoms with E-state index >= 15 is 0 Å². The van der Waals surface area contributed by atoms with Crippen LogP contribution in [0.3, 0.4) is 0 Å². The van der Waals surface area contributed by atoms with Crippen molar-refractivity contribution in [3.05, 3.63) is 29.8 Å². The van der Waals surface area contributed by atoms with Crippen LogP contribution in [0.1, 0.15) is 18.4 Å². The first-order valence-corrected chi connectivity index (χ1v) is 6.50. The highest BCUT2D eigenvalue weighted by molar-refractivity contribution is 9.08. The summed E-state index contributed by atoms with van der Waals surface area (Å²) in [5.74, 6) is -0.0362. The van der Waals surface area contributed by atoms with Crippen LogP contribution in [0.5, 0.6) is 0 Å². The van der Waals surface area contributed by atoms with Crippen molar-refractivity contribution in [3.8, 4) is 0 Å². The van der Waals surface area contributed by atoms with Crippen LogP contribution in [0.2, 0.25) is 0 Å². The molecule has 0 spiro atoms. The Labute approximate surface area is 103 Å². The van der Waals surface area contributed by atoms with Gasteiger partial charge in [-0.05, 0) is 24.5 Å². The smallest absolute Gasteiger partial charge is 0.253 e. The van der Waals surface area contributed by atoms with E-state index in [2.05, 4.69) is 21.2 Å². The quantitative estimate of drug-likeness (QED) is 0.867. The van der Waals surface area contributed by atoms with Gasteiger partial charge in [0.1, 0.15) is 6.10 Å². The number of ether oxygens (including phenoxy) is 1. The van der Waals surface area contributed by atoms with E-state index in [-0.39, 0.29) is 12.0 Å². The molecule has 1 aliphatic rings. The minimum Gasteiger partial charge on any atom is -0.368 e. The Kier molecular flexibility index (Phi) is 3.96. The SMILES string of the molecule is O=C(Nc1ccccc1CBr)C1CCCO1. The van der Waals surface area contributed by atoms with Gasteiger partial charge < -0.3 is 10.1 Å². The van der Waals surface area contributed by atoms with E-state index in [0.717, 1.165) is 29.4 Å². The molecule has 0 aliphatic carbocycles. The number of amides is 1. The van der Waals surface area contributed by atoms with Gasteiger partial charge in [0, 0.05) is 17.6 Å². The standard InChI is InChI=1S/C12H14BrNO2/c13-8-9-4-1-2-5-10(9)14-12(15)11-6-3-7-16-11/h1-2,4-5,11H,3,6-8H2,(H,14,15). The lowest BCUT2D eigenvalue weighted by Gasteiger charge is -2.12. The zero-order chi connectivity index (χ0) is 11.4. The Bertz CT molecular complexity index is 375. The minimum atomic E-state index is -0.275. The van der Waals surface area contributed by atoms with Gasteiger partial charge in [-0.25, -0.2) is 0 Å². The maximum Gasteiger partial charge on any atom is 0.253 e. The van der Waals surface area contributed by atoms with E-state index in [1.54, 1.807) is 0 Å². The van der Waals surface area contributed by atoms with Crippen molar-refractivity contribution >= 4 is 27.5 Å². The molecule has 2 rings (SSSR count). The minimum absolute atomic E-state index is 0.0362. The first-order chi connectivity index (χ1) is 7.81. The molecule has 0 saturated carbocycles. The van der Waals surface area contributed by atoms with Gasteiger partial charge in [0.05, 0.1) is 0 Å². The van der Waals surface area contributed by atoms with Crippen LogP contribution >= 0.6 is 15.9 Å². The number of nitrogens with one attached hydrogen (secondary N) is 1. The van der Waals surface area contributed by atoms with Crippen molar-refractivity contribution in [1.82, 2.24) is 0 Å². The molecular formula is C12H14BrNO2. The zero-order valence-corrected chi connectivity index (χ0v) is 10.5. The normalized spacial score (nSPS) is 19.7. The first-order valence-electron chi connectivity index (χ1n) is 5.37. The molecular weight excluding hydrogens is 270 g/mol. The molecule has 1 unspecified atom stereocenters. The van der Waals surface area contributed by atoms with Gasteiger partial charge in [-0.15, -0.1) is 0 Å². The van der Waals surface area contributed by atoms with Crippen LogP contribution in [0.25, 0.3) is 0 Å². The second kappa shape index (κ2) is 5.46. The summed E-state index contributed by atoms with van der Waals surface area (Å²) in [7, 11) is 0. The fraction of sp³-hybridized carbons (Fsp3) is 0.417. The summed E-state index contributed by atoms with van der Waals surface area (Å²) in [4.78, 5) is 11.8. The van der Waals surface area contributed by atoms with Crippen molar-refractivity contribution in [2.45, 2.75) is 24.3 Å². The largest absolute Gasteiger partial charge is 0.368 e. The fourth-order valence-electron chi connectivity index (χ4n) is 1.76. The predicted octanol–water partition coefficient (Wildman–Crippen LogP) is 2.70. The maximum absolute atomic E-state index is 11.8. The lowest BCUT2D eigenvalue weighted by Crippen LogP contribution is -2.27. The van der Waals surface area contributed by atoms with Crippen LogP contribution in [-0.4, -0.2) is 18.6 Å². The second-order valence-corrected chi connectivity index (χ2v) is 4.34. The highest BCUT2D eigenvalue weighted by Gasteiger charge is 2.23. The second-order valence-electron chi connectivity index (χ2n) is 3.78. The van der Waals surface area contributed by atoms with Gasteiger partial charge in [-0.2, -0.15) is 0 Å². The van der Waals surface area contributed by atoms with E-state index in [1.807, 2.05) is 24.3 Å². The van der Waals surface area contributed by atoms with Gasteiger partial charge in [0.2, 0.25) is 0 Å². The summed E-state index contributed by atoms with van der Waals surface area (Å²) < 4.78 is 5.34. The molecule has 4 heteroatoms. The zero-order valence-electron chi connectivity index (χ0n) is 8.91. The summed E-state index contributed by atoms with van der Waals surface area (Å²) in [6, 6.07) is 7.76. The maximum atomic E-state index is 11.8. The Balaban J connectivity index is 2.05. The third kappa shape index (κ3) is 2.62. The van der Waals surface area contributed by atoms with E-state index in [1.165, 1.54) is 0 Å². The van der Waals surface area contributed by atoms with Gasteiger partial charge in [0.25, 0.3) is 5.91 Å². The summed E-state index contributed by atoms with van der Waals surface area (Å²) in [5, 5.41) is 3.64. The molecule has 1 atom stereocenters. The summed E-state index contributed by atoms with van der Waals surface area (Å²) in [6.07, 6.45) is 1.52. The molecule has 16 heavy (non-hydrogen) atoms. The molecule has 1 aromatic carbocycles. The molecule has 1 aliphatic heterocycles. The molecule has 1 amide bonds. The van der Waals surface area contributed by atoms with Crippen molar-refractivity contribution < 1.29 is 9.53 Å². The lowest BCUT2D eigenvalue weighted by atomic mass is 10.2. The molecule has 86 valence electrons. The molecule has 3 nitrogen and oxygen atoms in total. The van der Waals surface area contributed by atoms with Crippen molar-refractivity contribution in [2.24, 2.45) is 0 Å². The Morgan fingerprint density at radius 1 is 1.50 bits per heavy atom. The molecule has 1 aromatic rings. The van der Waals surface area contributed by atoms with Crippen LogP contribution in [0.4, 0.5) is 5.69 Å². The van der Waals surface area contributed by atoms with Crippen LogP contribution < -0.4 is 5.32 Å². The number of hydrogen-bond acceptors (Lipinski definition) is 2.